The molecular formula is C10H20N2O3S. The van der Waals surface area contributed by atoms with Gasteiger partial charge in [-0.15, -0.1) is 0 Å². The molecule has 1 saturated heterocycles. The van der Waals surface area contributed by atoms with Crippen LogP contribution in [0.3, 0.4) is 0 Å². The highest BCUT2D eigenvalue weighted by atomic mass is 32.2. The maximum Gasteiger partial charge on any atom is 0.225 e. The highest BCUT2D eigenvalue weighted by Crippen LogP contribution is 2.12. The van der Waals surface area contributed by atoms with Crippen molar-refractivity contribution in [3.05, 3.63) is 0 Å². The average Bonchev–Trinajstić information content (AvgIpc) is 2.25. The maximum absolute atomic E-state index is 11.9. The number of rotatable bonds is 4. The smallest absolute Gasteiger partial charge is 0.225 e. The molecule has 0 saturated carbocycles. The van der Waals surface area contributed by atoms with Gasteiger partial charge in [0.05, 0.1) is 11.5 Å². The summed E-state index contributed by atoms with van der Waals surface area (Å²) in [5, 5.41) is 0. The SMILES string of the molecule is CC(CCCN)C(=O)N1CCS(=O)(=O)CC1. The van der Waals surface area contributed by atoms with Crippen molar-refractivity contribution >= 4 is 15.7 Å². The van der Waals surface area contributed by atoms with E-state index in [4.69, 9.17) is 5.73 Å². The van der Waals surface area contributed by atoms with Crippen LogP contribution in [0.5, 0.6) is 0 Å². The second-order valence-electron chi connectivity index (χ2n) is 4.31. The van der Waals surface area contributed by atoms with Crippen LogP contribution in [0, 0.1) is 5.92 Å². The number of sulfone groups is 1. The largest absolute Gasteiger partial charge is 0.340 e. The van der Waals surface area contributed by atoms with Gasteiger partial charge in [-0.25, -0.2) is 8.42 Å². The highest BCUT2D eigenvalue weighted by Gasteiger charge is 2.27. The second kappa shape index (κ2) is 5.63. The standard InChI is InChI=1S/C10H20N2O3S/c1-9(3-2-4-11)10(13)12-5-7-16(14,15)8-6-12/h9H,2-8,11H2,1H3. The van der Waals surface area contributed by atoms with E-state index in [1.165, 1.54) is 0 Å². The molecule has 16 heavy (non-hydrogen) atoms. The van der Waals surface area contributed by atoms with Crippen molar-refractivity contribution < 1.29 is 13.2 Å². The van der Waals surface area contributed by atoms with Crippen LogP contribution in [0.2, 0.25) is 0 Å². The summed E-state index contributed by atoms with van der Waals surface area (Å²) in [7, 11) is -2.91. The van der Waals surface area contributed by atoms with Crippen LogP contribution in [-0.2, 0) is 14.6 Å². The van der Waals surface area contributed by atoms with E-state index < -0.39 is 9.84 Å². The van der Waals surface area contributed by atoms with Crippen LogP contribution in [0.1, 0.15) is 19.8 Å². The van der Waals surface area contributed by atoms with Crippen molar-refractivity contribution in [3.8, 4) is 0 Å². The third kappa shape index (κ3) is 3.75. The van der Waals surface area contributed by atoms with Crippen LogP contribution >= 0.6 is 0 Å². The first-order valence-corrected chi connectivity index (χ1v) is 7.47. The van der Waals surface area contributed by atoms with Crippen molar-refractivity contribution in [2.75, 3.05) is 31.1 Å². The first-order chi connectivity index (χ1) is 7.46. The Hall–Kier alpha value is -0.620. The monoisotopic (exact) mass is 248 g/mol. The van der Waals surface area contributed by atoms with Gasteiger partial charge < -0.3 is 10.6 Å². The minimum Gasteiger partial charge on any atom is -0.340 e. The van der Waals surface area contributed by atoms with E-state index in [2.05, 4.69) is 0 Å². The summed E-state index contributed by atoms with van der Waals surface area (Å²) in [5.41, 5.74) is 5.39. The van der Waals surface area contributed by atoms with Gasteiger partial charge in [0, 0.05) is 19.0 Å². The van der Waals surface area contributed by atoms with Crippen LogP contribution < -0.4 is 5.73 Å². The van der Waals surface area contributed by atoms with Gasteiger partial charge in [-0.05, 0) is 19.4 Å². The van der Waals surface area contributed by atoms with Crippen LogP contribution in [0.25, 0.3) is 0 Å². The van der Waals surface area contributed by atoms with E-state index in [-0.39, 0.29) is 23.3 Å². The molecular weight excluding hydrogens is 228 g/mol. The summed E-state index contributed by atoms with van der Waals surface area (Å²) in [4.78, 5) is 13.6. The fraction of sp³-hybridized carbons (Fsp3) is 0.900. The van der Waals surface area contributed by atoms with Gasteiger partial charge in [0.15, 0.2) is 9.84 Å². The van der Waals surface area contributed by atoms with Gasteiger partial charge in [0.2, 0.25) is 5.91 Å². The summed E-state index contributed by atoms with van der Waals surface area (Å²) in [6, 6.07) is 0. The molecule has 1 unspecified atom stereocenters. The minimum atomic E-state index is -2.91. The Morgan fingerprint density at radius 1 is 1.38 bits per heavy atom. The zero-order valence-corrected chi connectivity index (χ0v) is 10.5. The minimum absolute atomic E-state index is 0.0515. The quantitative estimate of drug-likeness (QED) is 0.735. The average molecular weight is 248 g/mol. The van der Waals surface area contributed by atoms with Crippen LogP contribution in [0.15, 0.2) is 0 Å². The van der Waals surface area contributed by atoms with Crippen molar-refractivity contribution in [1.29, 1.82) is 0 Å². The lowest BCUT2D eigenvalue weighted by molar-refractivity contribution is -0.134. The number of nitrogens with two attached hydrogens (primary N) is 1. The number of hydrogen-bond donors (Lipinski definition) is 1. The Kier molecular flexibility index (Phi) is 4.73. The fourth-order valence-corrected chi connectivity index (χ4v) is 2.99. The van der Waals surface area contributed by atoms with E-state index in [0.29, 0.717) is 19.6 Å². The molecule has 1 heterocycles. The lowest BCUT2D eigenvalue weighted by atomic mass is 10.0. The predicted octanol–water partition coefficient (Wildman–Crippen LogP) is -0.382. The number of nitrogens with zero attached hydrogens (tertiary/aromatic N) is 1. The summed E-state index contributed by atoms with van der Waals surface area (Å²) >= 11 is 0. The van der Waals surface area contributed by atoms with E-state index in [9.17, 15) is 13.2 Å². The molecule has 0 spiro atoms. The van der Waals surface area contributed by atoms with Crippen LogP contribution in [0.4, 0.5) is 0 Å². The first-order valence-electron chi connectivity index (χ1n) is 5.65. The molecule has 1 rings (SSSR count). The van der Waals surface area contributed by atoms with Crippen molar-refractivity contribution in [1.82, 2.24) is 4.90 Å². The van der Waals surface area contributed by atoms with Gasteiger partial charge in [-0.3, -0.25) is 4.79 Å². The van der Waals surface area contributed by atoms with Crippen molar-refractivity contribution in [3.63, 3.8) is 0 Å². The molecule has 1 aliphatic rings. The molecule has 2 N–H and O–H groups in total. The van der Waals surface area contributed by atoms with Gasteiger partial charge >= 0.3 is 0 Å². The van der Waals surface area contributed by atoms with Crippen LogP contribution in [-0.4, -0.2) is 50.4 Å². The normalized spacial score (nSPS) is 21.8. The Morgan fingerprint density at radius 3 is 2.44 bits per heavy atom. The van der Waals surface area contributed by atoms with Gasteiger partial charge in [0.1, 0.15) is 0 Å². The zero-order valence-electron chi connectivity index (χ0n) is 9.68. The fourth-order valence-electron chi connectivity index (χ4n) is 1.79. The molecule has 0 bridgehead atoms. The summed E-state index contributed by atoms with van der Waals surface area (Å²) in [5.74, 6) is 0.206. The number of carbonyl (C=O) groups is 1. The molecule has 1 fully saturated rings. The predicted molar refractivity (Wildman–Crippen MR) is 62.7 cm³/mol. The molecule has 1 aliphatic heterocycles. The topological polar surface area (TPSA) is 80.5 Å². The third-order valence-electron chi connectivity index (χ3n) is 2.92. The molecule has 6 heteroatoms. The highest BCUT2D eigenvalue weighted by molar-refractivity contribution is 7.91. The molecule has 0 aromatic carbocycles. The van der Waals surface area contributed by atoms with Gasteiger partial charge in [-0.2, -0.15) is 0 Å². The molecule has 1 amide bonds. The Balaban J connectivity index is 2.44. The Bertz CT molecular complexity index is 326. The lowest BCUT2D eigenvalue weighted by Gasteiger charge is -2.29. The molecule has 0 aliphatic carbocycles. The van der Waals surface area contributed by atoms with Crippen molar-refractivity contribution in [2.24, 2.45) is 11.7 Å². The number of carbonyl (C=O) groups excluding carboxylic acids is 1. The van der Waals surface area contributed by atoms with E-state index >= 15 is 0 Å². The van der Waals surface area contributed by atoms with E-state index in [0.717, 1.165) is 12.8 Å². The molecule has 1 atom stereocenters. The first kappa shape index (κ1) is 13.4. The lowest BCUT2D eigenvalue weighted by Crippen LogP contribution is -2.45. The van der Waals surface area contributed by atoms with E-state index in [1.807, 2.05) is 6.92 Å². The molecule has 0 aromatic rings. The molecule has 0 radical (unpaired) electrons. The maximum atomic E-state index is 11.9. The summed E-state index contributed by atoms with van der Waals surface area (Å²) in [6.07, 6.45) is 1.61. The van der Waals surface area contributed by atoms with E-state index in [1.54, 1.807) is 4.90 Å². The summed E-state index contributed by atoms with van der Waals surface area (Å²) in [6.45, 7) is 3.15. The molecule has 0 aromatic heterocycles. The Morgan fingerprint density at radius 2 is 1.94 bits per heavy atom. The van der Waals surface area contributed by atoms with Crippen molar-refractivity contribution in [2.45, 2.75) is 19.8 Å². The zero-order chi connectivity index (χ0) is 12.2. The summed E-state index contributed by atoms with van der Waals surface area (Å²) < 4.78 is 22.4. The van der Waals surface area contributed by atoms with Gasteiger partial charge in [-0.1, -0.05) is 6.92 Å². The third-order valence-corrected chi connectivity index (χ3v) is 4.53. The second-order valence-corrected chi connectivity index (χ2v) is 6.61. The molecule has 94 valence electrons. The molecule has 5 nitrogen and oxygen atoms in total. The number of amides is 1. The number of hydrogen-bond acceptors (Lipinski definition) is 4. The van der Waals surface area contributed by atoms with Gasteiger partial charge in [0.25, 0.3) is 0 Å². The Labute approximate surface area is 96.9 Å².